The van der Waals surface area contributed by atoms with Crippen molar-refractivity contribution in [2.24, 2.45) is 11.3 Å². The van der Waals surface area contributed by atoms with Gasteiger partial charge in [0, 0.05) is 0 Å². The SMILES string of the molecule is CCCCCCCCCC=CC(=O)C(C)(C=O)CCCC(C)CCC=C(C)C. The highest BCUT2D eigenvalue weighted by atomic mass is 16.1. The van der Waals surface area contributed by atoms with Crippen molar-refractivity contribution in [3.63, 3.8) is 0 Å². The molecule has 0 bridgehead atoms. The van der Waals surface area contributed by atoms with Gasteiger partial charge < -0.3 is 4.79 Å². The molecule has 0 heterocycles. The molecule has 0 saturated carbocycles. The third-order valence-corrected chi connectivity index (χ3v) is 5.67. The van der Waals surface area contributed by atoms with Crippen LogP contribution in [0.15, 0.2) is 23.8 Å². The second kappa shape index (κ2) is 16.7. The molecule has 0 radical (unpaired) electrons. The normalized spacial score (nSPS) is 14.6. The van der Waals surface area contributed by atoms with Crippen LogP contribution >= 0.6 is 0 Å². The Labute approximate surface area is 175 Å². The van der Waals surface area contributed by atoms with Crippen LogP contribution in [0.3, 0.4) is 0 Å². The lowest BCUT2D eigenvalue weighted by molar-refractivity contribution is -0.130. The minimum atomic E-state index is -0.851. The van der Waals surface area contributed by atoms with Crippen LogP contribution in [0.5, 0.6) is 0 Å². The molecule has 28 heavy (non-hydrogen) atoms. The van der Waals surface area contributed by atoms with E-state index in [4.69, 9.17) is 0 Å². The third kappa shape index (κ3) is 13.9. The summed E-state index contributed by atoms with van der Waals surface area (Å²) in [6, 6.07) is 0. The van der Waals surface area contributed by atoms with E-state index in [-0.39, 0.29) is 5.78 Å². The Morgan fingerprint density at radius 2 is 1.57 bits per heavy atom. The highest BCUT2D eigenvalue weighted by Gasteiger charge is 2.30. The molecule has 0 fully saturated rings. The van der Waals surface area contributed by atoms with Gasteiger partial charge in [-0.05, 0) is 64.9 Å². The molecular formula is C26H46O2. The minimum Gasteiger partial charge on any atom is -0.302 e. The van der Waals surface area contributed by atoms with Crippen LogP contribution in [0, 0.1) is 11.3 Å². The van der Waals surface area contributed by atoms with E-state index in [1.54, 1.807) is 13.0 Å². The van der Waals surface area contributed by atoms with E-state index in [2.05, 4.69) is 33.8 Å². The average molecular weight is 391 g/mol. The van der Waals surface area contributed by atoms with Crippen molar-refractivity contribution in [2.75, 3.05) is 0 Å². The molecule has 0 saturated heterocycles. The quantitative estimate of drug-likeness (QED) is 0.0780. The van der Waals surface area contributed by atoms with Crippen LogP contribution in [0.25, 0.3) is 0 Å². The Hall–Kier alpha value is -1.18. The van der Waals surface area contributed by atoms with Crippen LogP contribution in [0.4, 0.5) is 0 Å². The second-order valence-electron chi connectivity index (χ2n) is 9.07. The van der Waals surface area contributed by atoms with E-state index in [0.717, 1.165) is 38.4 Å². The number of rotatable bonds is 18. The first-order chi connectivity index (χ1) is 13.4. The first-order valence-corrected chi connectivity index (χ1v) is 11.7. The molecule has 2 atom stereocenters. The van der Waals surface area contributed by atoms with E-state index >= 15 is 0 Å². The molecule has 0 aromatic heterocycles. The van der Waals surface area contributed by atoms with Gasteiger partial charge in [-0.25, -0.2) is 0 Å². The Kier molecular flexibility index (Phi) is 16.0. The summed E-state index contributed by atoms with van der Waals surface area (Å²) in [5.74, 6) is 0.608. The van der Waals surface area contributed by atoms with Crippen LogP contribution in [-0.4, -0.2) is 12.1 Å². The lowest BCUT2D eigenvalue weighted by Crippen LogP contribution is -2.28. The molecule has 2 heteroatoms. The van der Waals surface area contributed by atoms with E-state index in [0.29, 0.717) is 12.3 Å². The molecule has 0 rings (SSSR count). The first kappa shape index (κ1) is 26.8. The molecule has 162 valence electrons. The lowest BCUT2D eigenvalue weighted by atomic mass is 9.80. The van der Waals surface area contributed by atoms with Crippen molar-refractivity contribution in [2.45, 2.75) is 118 Å². The number of unbranched alkanes of at least 4 members (excludes halogenated alkanes) is 7. The fourth-order valence-corrected chi connectivity index (χ4v) is 3.46. The van der Waals surface area contributed by atoms with Gasteiger partial charge in [-0.2, -0.15) is 0 Å². The Morgan fingerprint density at radius 3 is 2.18 bits per heavy atom. The fourth-order valence-electron chi connectivity index (χ4n) is 3.46. The van der Waals surface area contributed by atoms with Crippen LogP contribution in [0.2, 0.25) is 0 Å². The Morgan fingerprint density at radius 1 is 0.929 bits per heavy atom. The molecule has 0 N–H and O–H groups in total. The van der Waals surface area contributed by atoms with Gasteiger partial charge >= 0.3 is 0 Å². The zero-order valence-corrected chi connectivity index (χ0v) is 19.4. The molecule has 0 amide bonds. The van der Waals surface area contributed by atoms with Crippen LogP contribution in [0.1, 0.15) is 118 Å². The largest absolute Gasteiger partial charge is 0.302 e. The van der Waals surface area contributed by atoms with Crippen molar-refractivity contribution in [3.05, 3.63) is 23.8 Å². The van der Waals surface area contributed by atoms with Gasteiger partial charge in [0.05, 0.1) is 5.41 Å². The Bertz CT molecular complexity index is 471. The van der Waals surface area contributed by atoms with Gasteiger partial charge in [0.1, 0.15) is 6.29 Å². The molecular weight excluding hydrogens is 344 g/mol. The van der Waals surface area contributed by atoms with Gasteiger partial charge in [-0.15, -0.1) is 0 Å². The van der Waals surface area contributed by atoms with Gasteiger partial charge in [0.2, 0.25) is 0 Å². The number of hydrogen-bond acceptors (Lipinski definition) is 2. The number of hydrogen-bond donors (Lipinski definition) is 0. The van der Waals surface area contributed by atoms with E-state index in [1.807, 2.05) is 6.08 Å². The van der Waals surface area contributed by atoms with Crippen molar-refractivity contribution < 1.29 is 9.59 Å². The van der Waals surface area contributed by atoms with Crippen molar-refractivity contribution in [1.82, 2.24) is 0 Å². The maximum Gasteiger partial charge on any atom is 0.168 e. The summed E-state index contributed by atoms with van der Waals surface area (Å²) in [4.78, 5) is 24.1. The summed E-state index contributed by atoms with van der Waals surface area (Å²) >= 11 is 0. The van der Waals surface area contributed by atoms with Crippen LogP contribution in [-0.2, 0) is 9.59 Å². The molecule has 0 aliphatic heterocycles. The summed E-state index contributed by atoms with van der Waals surface area (Å²) < 4.78 is 0. The maximum absolute atomic E-state index is 12.5. The maximum atomic E-state index is 12.5. The van der Waals surface area contributed by atoms with Crippen molar-refractivity contribution in [3.8, 4) is 0 Å². The molecule has 0 spiro atoms. The van der Waals surface area contributed by atoms with Gasteiger partial charge in [0.25, 0.3) is 0 Å². The van der Waals surface area contributed by atoms with E-state index in [9.17, 15) is 9.59 Å². The number of allylic oxidation sites excluding steroid dienone is 4. The zero-order valence-electron chi connectivity index (χ0n) is 19.4. The highest BCUT2D eigenvalue weighted by Crippen LogP contribution is 2.26. The topological polar surface area (TPSA) is 34.1 Å². The summed E-state index contributed by atoms with van der Waals surface area (Å²) in [6.45, 7) is 10.6. The summed E-state index contributed by atoms with van der Waals surface area (Å²) in [7, 11) is 0. The number of aldehydes is 1. The smallest absolute Gasteiger partial charge is 0.168 e. The minimum absolute atomic E-state index is 0.0253. The first-order valence-electron chi connectivity index (χ1n) is 11.7. The molecule has 0 aromatic rings. The monoisotopic (exact) mass is 390 g/mol. The standard InChI is InChI=1S/C26H46O2/c1-6-7-8-9-10-11-12-13-14-20-25(28)26(5,22-27)21-16-19-24(4)18-15-17-23(2)3/h14,17,20,22,24H,6-13,15-16,18-19,21H2,1-5H3. The van der Waals surface area contributed by atoms with Gasteiger partial charge in [-0.3, -0.25) is 4.79 Å². The Balaban J connectivity index is 4.09. The van der Waals surface area contributed by atoms with Gasteiger partial charge in [-0.1, -0.05) is 82.9 Å². The molecule has 2 unspecified atom stereocenters. The zero-order chi connectivity index (χ0) is 21.3. The van der Waals surface area contributed by atoms with Crippen molar-refractivity contribution in [1.29, 1.82) is 0 Å². The number of carbonyl (C=O) groups excluding carboxylic acids is 2. The number of carbonyl (C=O) groups is 2. The lowest BCUT2D eigenvalue weighted by Gasteiger charge is -2.20. The summed E-state index contributed by atoms with van der Waals surface area (Å²) in [5.41, 5.74) is 0.519. The predicted molar refractivity (Wildman–Crippen MR) is 123 cm³/mol. The van der Waals surface area contributed by atoms with Gasteiger partial charge in [0.15, 0.2) is 5.78 Å². The highest BCUT2D eigenvalue weighted by molar-refractivity contribution is 6.04. The van der Waals surface area contributed by atoms with E-state index in [1.165, 1.54) is 50.5 Å². The second-order valence-corrected chi connectivity index (χ2v) is 9.07. The average Bonchev–Trinajstić information content (AvgIpc) is 2.66. The molecule has 0 aromatic carbocycles. The fraction of sp³-hybridized carbons (Fsp3) is 0.769. The molecule has 0 aliphatic carbocycles. The molecule has 2 nitrogen and oxygen atoms in total. The molecule has 0 aliphatic rings. The predicted octanol–water partition coefficient (Wildman–Crippen LogP) is 8.01. The van der Waals surface area contributed by atoms with Crippen LogP contribution < -0.4 is 0 Å². The van der Waals surface area contributed by atoms with Crippen molar-refractivity contribution >= 4 is 12.1 Å². The summed E-state index contributed by atoms with van der Waals surface area (Å²) in [6.07, 6.45) is 21.6. The number of ketones is 1. The van der Waals surface area contributed by atoms with E-state index < -0.39 is 5.41 Å². The summed E-state index contributed by atoms with van der Waals surface area (Å²) in [5, 5.41) is 0. The third-order valence-electron chi connectivity index (χ3n) is 5.67.